The zero-order valence-electron chi connectivity index (χ0n) is 14.6. The van der Waals surface area contributed by atoms with E-state index in [-0.39, 0.29) is 39.5 Å². The number of hydrogen-bond acceptors (Lipinski definition) is 7. The third-order valence-electron chi connectivity index (χ3n) is 4.28. The molecular weight excluding hydrogens is 403 g/mol. The van der Waals surface area contributed by atoms with Crippen LogP contribution in [0.4, 0.5) is 4.39 Å². The van der Waals surface area contributed by atoms with Gasteiger partial charge in [-0.25, -0.2) is 9.37 Å². The van der Waals surface area contributed by atoms with Gasteiger partial charge in [0.1, 0.15) is 23.4 Å². The van der Waals surface area contributed by atoms with Gasteiger partial charge in [-0.1, -0.05) is 0 Å². The molecule has 4 rings (SSSR count). The number of phenols is 1. The predicted octanol–water partition coefficient (Wildman–Crippen LogP) is 3.16. The van der Waals surface area contributed by atoms with Gasteiger partial charge in [0, 0.05) is 17.3 Å². The molecule has 3 aromatic heterocycles. The Morgan fingerprint density at radius 1 is 1.28 bits per heavy atom. The molecule has 1 aromatic carbocycles. The second-order valence-corrected chi connectivity index (χ2v) is 7.48. The van der Waals surface area contributed by atoms with E-state index < -0.39 is 21.0 Å². The number of fused-ring (bicyclic) bond motifs is 1. The maximum atomic E-state index is 14.5. The summed E-state index contributed by atoms with van der Waals surface area (Å²) in [6, 6.07) is 7.63. The van der Waals surface area contributed by atoms with Crippen molar-refractivity contribution in [2.75, 3.05) is 0 Å². The number of aromatic nitrogens is 3. The van der Waals surface area contributed by atoms with Crippen LogP contribution in [0, 0.1) is 24.1 Å². The molecule has 0 saturated heterocycles. The van der Waals surface area contributed by atoms with Crippen LogP contribution in [0.25, 0.3) is 33.6 Å². The zero-order valence-corrected chi connectivity index (χ0v) is 15.5. The highest BCUT2D eigenvalue weighted by Crippen LogP contribution is 2.39. The number of H-pyrrole nitrogens is 1. The fraction of sp³-hybridized carbons (Fsp3) is 0.0556. The van der Waals surface area contributed by atoms with Crippen molar-refractivity contribution in [2.45, 2.75) is 12.0 Å². The van der Waals surface area contributed by atoms with Crippen LogP contribution < -0.4 is 0 Å². The number of benzene rings is 1. The Hall–Kier alpha value is -3.75. The highest BCUT2D eigenvalue weighted by molar-refractivity contribution is 7.85. The summed E-state index contributed by atoms with van der Waals surface area (Å²) in [6.45, 7) is 1.66. The van der Waals surface area contributed by atoms with Gasteiger partial charge in [0.25, 0.3) is 0 Å². The number of phenolic OH excluding ortho intramolecular Hbond substituents is 1. The lowest BCUT2D eigenvalue weighted by atomic mass is 9.96. The number of halogens is 1. The van der Waals surface area contributed by atoms with Crippen LogP contribution in [0.3, 0.4) is 0 Å². The molecule has 0 bridgehead atoms. The average Bonchev–Trinajstić information content (AvgIpc) is 3.28. The van der Waals surface area contributed by atoms with Crippen LogP contribution in [0.15, 0.2) is 39.8 Å². The van der Waals surface area contributed by atoms with Crippen molar-refractivity contribution >= 4 is 21.2 Å². The summed E-state index contributed by atoms with van der Waals surface area (Å²) in [4.78, 5) is 4.27. The molecule has 0 atom stereocenters. The number of nitrogens with zero attached hydrogens (tertiary/aromatic N) is 3. The number of aryl methyl sites for hydroxylation is 1. The Labute approximate surface area is 162 Å². The molecule has 11 heteroatoms. The smallest absolute Gasteiger partial charge is 0.328 e. The molecule has 0 aliphatic heterocycles. The Morgan fingerprint density at radius 2 is 2.03 bits per heavy atom. The fourth-order valence-corrected chi connectivity index (χ4v) is 3.48. The highest BCUT2D eigenvalue weighted by Gasteiger charge is 2.26. The van der Waals surface area contributed by atoms with Crippen LogP contribution in [-0.2, 0) is 10.1 Å². The summed E-state index contributed by atoms with van der Waals surface area (Å²) in [7, 11) is -4.61. The number of nitriles is 1. The van der Waals surface area contributed by atoms with E-state index in [1.165, 1.54) is 18.2 Å². The molecule has 0 saturated carbocycles. The Kier molecular flexibility index (Phi) is 4.11. The Morgan fingerprint density at radius 3 is 2.66 bits per heavy atom. The second-order valence-electron chi connectivity index (χ2n) is 6.13. The molecule has 0 unspecified atom stereocenters. The highest BCUT2D eigenvalue weighted by atomic mass is 32.2. The average molecular weight is 414 g/mol. The Bertz CT molecular complexity index is 1430. The van der Waals surface area contributed by atoms with E-state index in [2.05, 4.69) is 15.2 Å². The van der Waals surface area contributed by atoms with Crippen molar-refractivity contribution in [2.24, 2.45) is 0 Å². The second kappa shape index (κ2) is 6.40. The van der Waals surface area contributed by atoms with Crippen molar-refractivity contribution in [1.82, 2.24) is 15.2 Å². The van der Waals surface area contributed by atoms with E-state index >= 15 is 0 Å². The number of nitrogens with one attached hydrogen (secondary N) is 1. The minimum atomic E-state index is -4.61. The number of furan rings is 1. The zero-order chi connectivity index (χ0) is 20.9. The lowest BCUT2D eigenvalue weighted by Crippen LogP contribution is -1.98. The van der Waals surface area contributed by atoms with Crippen molar-refractivity contribution in [3.05, 3.63) is 47.4 Å². The fourth-order valence-electron chi connectivity index (χ4n) is 3.04. The first-order chi connectivity index (χ1) is 13.7. The van der Waals surface area contributed by atoms with Gasteiger partial charge in [-0.05, 0) is 31.2 Å². The van der Waals surface area contributed by atoms with E-state index in [1.54, 1.807) is 6.92 Å². The van der Waals surface area contributed by atoms with Gasteiger partial charge in [0.2, 0.25) is 5.09 Å². The van der Waals surface area contributed by atoms with E-state index in [4.69, 9.17) is 4.42 Å². The maximum Gasteiger partial charge on any atom is 0.328 e. The van der Waals surface area contributed by atoms with Gasteiger partial charge in [-0.15, -0.1) is 0 Å². The first kappa shape index (κ1) is 18.6. The predicted molar refractivity (Wildman–Crippen MR) is 97.9 cm³/mol. The molecule has 0 amide bonds. The summed E-state index contributed by atoms with van der Waals surface area (Å²) in [5.74, 6) is -1.17. The topological polar surface area (TPSA) is 153 Å². The van der Waals surface area contributed by atoms with Crippen LogP contribution in [0.5, 0.6) is 5.75 Å². The number of aromatic amines is 1. The van der Waals surface area contributed by atoms with Gasteiger partial charge in [0.15, 0.2) is 5.65 Å². The van der Waals surface area contributed by atoms with E-state index in [1.807, 2.05) is 6.07 Å². The van der Waals surface area contributed by atoms with Gasteiger partial charge in [0.05, 0.1) is 22.2 Å². The summed E-state index contributed by atoms with van der Waals surface area (Å²) in [5, 5.41) is 25.7. The SMILES string of the molecule is Cc1[nH]nc2nc(-c3ccc(O)cc3F)c(C#N)c(-c3ccc(S(=O)(=O)O)o3)c12. The van der Waals surface area contributed by atoms with Gasteiger partial charge >= 0.3 is 10.1 Å². The van der Waals surface area contributed by atoms with E-state index in [0.717, 1.165) is 12.1 Å². The number of rotatable bonds is 3. The van der Waals surface area contributed by atoms with E-state index in [0.29, 0.717) is 11.1 Å². The molecule has 29 heavy (non-hydrogen) atoms. The van der Waals surface area contributed by atoms with Crippen molar-refractivity contribution in [3.63, 3.8) is 0 Å². The van der Waals surface area contributed by atoms with Crippen LogP contribution in [0.2, 0.25) is 0 Å². The van der Waals surface area contributed by atoms with Gasteiger partial charge < -0.3 is 9.52 Å². The maximum absolute atomic E-state index is 14.5. The first-order valence-corrected chi connectivity index (χ1v) is 9.50. The molecule has 0 spiro atoms. The number of hydrogen-bond donors (Lipinski definition) is 3. The van der Waals surface area contributed by atoms with Gasteiger partial charge in [-0.2, -0.15) is 18.8 Å². The normalized spacial score (nSPS) is 11.7. The minimum Gasteiger partial charge on any atom is -0.508 e. The molecule has 9 nitrogen and oxygen atoms in total. The standard InChI is InChI=1S/C18H11FN4O5S/c1-8-15-16(13-4-5-14(28-13)29(25,26)27)11(7-20)17(21-18(15)23-22-8)10-3-2-9(24)6-12(10)19/h2-6,24H,1H3,(H,21,22,23)(H,25,26,27). The van der Waals surface area contributed by atoms with Crippen LogP contribution in [0.1, 0.15) is 11.3 Å². The van der Waals surface area contributed by atoms with Crippen molar-refractivity contribution in [1.29, 1.82) is 5.26 Å². The molecular formula is C18H11FN4O5S. The molecule has 4 aromatic rings. The monoisotopic (exact) mass is 414 g/mol. The van der Waals surface area contributed by atoms with Gasteiger partial charge in [-0.3, -0.25) is 9.65 Å². The van der Waals surface area contributed by atoms with E-state index in [9.17, 15) is 27.7 Å². The third-order valence-corrected chi connectivity index (χ3v) is 5.01. The number of pyridine rings is 1. The molecule has 0 aliphatic rings. The minimum absolute atomic E-state index is 0.0495. The summed E-state index contributed by atoms with van der Waals surface area (Å²) in [6.07, 6.45) is 0. The molecule has 0 fully saturated rings. The molecule has 3 heterocycles. The largest absolute Gasteiger partial charge is 0.508 e. The van der Waals surface area contributed by atoms with Crippen LogP contribution >= 0.6 is 0 Å². The lowest BCUT2D eigenvalue weighted by Gasteiger charge is -2.10. The summed E-state index contributed by atoms with van der Waals surface area (Å²) in [5.41, 5.74) is 0.572. The Balaban J connectivity index is 2.12. The molecule has 0 aliphatic carbocycles. The summed E-state index contributed by atoms with van der Waals surface area (Å²) >= 11 is 0. The molecule has 146 valence electrons. The van der Waals surface area contributed by atoms with Crippen molar-refractivity contribution in [3.8, 4) is 34.4 Å². The summed E-state index contributed by atoms with van der Waals surface area (Å²) < 4.78 is 51.7. The first-order valence-electron chi connectivity index (χ1n) is 8.06. The third kappa shape index (κ3) is 3.00. The van der Waals surface area contributed by atoms with Crippen molar-refractivity contribution < 1.29 is 26.9 Å². The lowest BCUT2D eigenvalue weighted by molar-refractivity contribution is 0.414. The molecule has 3 N–H and O–H groups in total. The number of aromatic hydroxyl groups is 1. The quantitative estimate of drug-likeness (QED) is 0.432. The molecule has 0 radical (unpaired) electrons. The van der Waals surface area contributed by atoms with Crippen LogP contribution in [-0.4, -0.2) is 33.3 Å².